The van der Waals surface area contributed by atoms with Crippen LogP contribution in [0, 0.1) is 13.8 Å². The van der Waals surface area contributed by atoms with Gasteiger partial charge in [-0.05, 0) is 37.6 Å². The Bertz CT molecular complexity index is 778. The van der Waals surface area contributed by atoms with Crippen molar-refractivity contribution in [1.82, 2.24) is 4.98 Å². The summed E-state index contributed by atoms with van der Waals surface area (Å²) in [5.74, 6) is 0. The maximum absolute atomic E-state index is 6.12. The van der Waals surface area contributed by atoms with Crippen molar-refractivity contribution in [1.29, 1.82) is 0 Å². The molecule has 0 amide bonds. The number of nitrogens with zero attached hydrogens (tertiary/aromatic N) is 1. The molecule has 3 nitrogen and oxygen atoms in total. The molecule has 2 aromatic carbocycles. The Morgan fingerprint density at radius 1 is 0.900 bits per heavy atom. The van der Waals surface area contributed by atoms with Gasteiger partial charge in [-0.15, -0.1) is 0 Å². The first-order chi connectivity index (χ1) is 9.65. The van der Waals surface area contributed by atoms with E-state index in [2.05, 4.69) is 22.4 Å². The summed E-state index contributed by atoms with van der Waals surface area (Å²) in [7, 11) is 0. The van der Waals surface area contributed by atoms with Crippen LogP contribution >= 0.6 is 0 Å². The molecule has 0 bridgehead atoms. The van der Waals surface area contributed by atoms with Crippen LogP contribution in [-0.2, 0) is 0 Å². The third-order valence-electron chi connectivity index (χ3n) is 3.45. The second-order valence-corrected chi connectivity index (χ2v) is 4.99. The molecule has 3 rings (SSSR count). The smallest absolute Gasteiger partial charge is 0.0939 e. The summed E-state index contributed by atoms with van der Waals surface area (Å²) < 4.78 is 0. The molecule has 1 aromatic heterocycles. The Morgan fingerprint density at radius 3 is 2.50 bits per heavy atom. The highest BCUT2D eigenvalue weighted by Gasteiger charge is 2.06. The van der Waals surface area contributed by atoms with Gasteiger partial charge in [0.05, 0.1) is 22.6 Å². The summed E-state index contributed by atoms with van der Waals surface area (Å²) in [4.78, 5) is 4.62. The lowest BCUT2D eigenvalue weighted by Crippen LogP contribution is -1.99. The molecule has 20 heavy (non-hydrogen) atoms. The molecule has 0 unspecified atom stereocenters. The number of benzene rings is 2. The van der Waals surface area contributed by atoms with E-state index < -0.39 is 0 Å². The zero-order chi connectivity index (χ0) is 14.1. The number of para-hydroxylation sites is 2. The van der Waals surface area contributed by atoms with Gasteiger partial charge in [-0.2, -0.15) is 0 Å². The van der Waals surface area contributed by atoms with Crippen molar-refractivity contribution < 1.29 is 0 Å². The highest BCUT2D eigenvalue weighted by atomic mass is 14.9. The van der Waals surface area contributed by atoms with Crippen molar-refractivity contribution in [3.05, 3.63) is 59.8 Å². The average molecular weight is 263 g/mol. The first kappa shape index (κ1) is 12.5. The summed E-state index contributed by atoms with van der Waals surface area (Å²) >= 11 is 0. The number of aryl methyl sites for hydroxylation is 2. The predicted molar refractivity (Wildman–Crippen MR) is 85.4 cm³/mol. The maximum atomic E-state index is 6.12. The van der Waals surface area contributed by atoms with Crippen molar-refractivity contribution in [2.45, 2.75) is 13.8 Å². The van der Waals surface area contributed by atoms with Crippen molar-refractivity contribution in [3.8, 4) is 0 Å². The molecule has 1 heterocycles. The van der Waals surface area contributed by atoms with Gasteiger partial charge in [0.2, 0.25) is 0 Å². The molecule has 100 valence electrons. The van der Waals surface area contributed by atoms with E-state index >= 15 is 0 Å². The number of hydrogen-bond donors (Lipinski definition) is 2. The number of fused-ring (bicyclic) bond motifs is 1. The van der Waals surface area contributed by atoms with Crippen molar-refractivity contribution in [2.24, 2.45) is 0 Å². The number of nitrogens with two attached hydrogens (primary N) is 1. The molecule has 0 fully saturated rings. The van der Waals surface area contributed by atoms with Crippen LogP contribution in [0.3, 0.4) is 0 Å². The van der Waals surface area contributed by atoms with Crippen LogP contribution in [0.25, 0.3) is 10.9 Å². The number of aromatic nitrogens is 1. The SMILES string of the molecule is Cc1ccc2cccc(Nc3cccc(C)c3N)c2n1. The predicted octanol–water partition coefficient (Wildman–Crippen LogP) is 4.18. The Morgan fingerprint density at radius 2 is 1.65 bits per heavy atom. The molecule has 0 radical (unpaired) electrons. The van der Waals surface area contributed by atoms with E-state index in [9.17, 15) is 0 Å². The molecule has 0 aliphatic carbocycles. The van der Waals surface area contributed by atoms with Crippen LogP contribution in [0.1, 0.15) is 11.3 Å². The quantitative estimate of drug-likeness (QED) is 0.682. The fourth-order valence-corrected chi connectivity index (χ4v) is 2.28. The standard InChI is InChI=1S/C17H17N3/c1-11-5-3-7-14(16(11)18)20-15-8-4-6-13-10-9-12(2)19-17(13)15/h3-10,20H,18H2,1-2H3. The highest BCUT2D eigenvalue weighted by molar-refractivity contribution is 5.93. The normalized spacial score (nSPS) is 10.7. The number of hydrogen-bond acceptors (Lipinski definition) is 3. The number of anilines is 3. The van der Waals surface area contributed by atoms with Crippen LogP contribution in [0.5, 0.6) is 0 Å². The molecule has 3 heteroatoms. The van der Waals surface area contributed by atoms with Gasteiger partial charge in [-0.3, -0.25) is 4.98 Å². The van der Waals surface area contributed by atoms with E-state index in [0.29, 0.717) is 0 Å². The second-order valence-electron chi connectivity index (χ2n) is 4.99. The van der Waals surface area contributed by atoms with Gasteiger partial charge >= 0.3 is 0 Å². The monoisotopic (exact) mass is 263 g/mol. The number of pyridine rings is 1. The van der Waals surface area contributed by atoms with Crippen molar-refractivity contribution >= 4 is 28.0 Å². The Kier molecular flexibility index (Phi) is 3.03. The molecule has 0 saturated carbocycles. The Balaban J connectivity index is 2.11. The van der Waals surface area contributed by atoms with Crippen molar-refractivity contribution in [2.75, 3.05) is 11.1 Å². The minimum Gasteiger partial charge on any atom is -0.397 e. The molecule has 0 spiro atoms. The van der Waals surface area contributed by atoms with Crippen molar-refractivity contribution in [3.63, 3.8) is 0 Å². The van der Waals surface area contributed by atoms with E-state index in [4.69, 9.17) is 5.73 Å². The number of rotatable bonds is 2. The van der Waals surface area contributed by atoms with Crippen LogP contribution in [0.15, 0.2) is 48.5 Å². The molecule has 0 saturated heterocycles. The third kappa shape index (κ3) is 2.18. The summed E-state index contributed by atoms with van der Waals surface area (Å²) in [6.07, 6.45) is 0. The van der Waals surface area contributed by atoms with Gasteiger partial charge in [0.25, 0.3) is 0 Å². The van der Waals surface area contributed by atoms with Gasteiger partial charge in [0.1, 0.15) is 0 Å². The van der Waals surface area contributed by atoms with Gasteiger partial charge in [0.15, 0.2) is 0 Å². The lowest BCUT2D eigenvalue weighted by Gasteiger charge is -2.13. The second kappa shape index (κ2) is 4.85. The Labute approximate surface area is 118 Å². The van der Waals surface area contributed by atoms with E-state index in [-0.39, 0.29) is 0 Å². The Hall–Kier alpha value is -2.55. The molecule has 3 N–H and O–H groups in total. The highest BCUT2D eigenvalue weighted by Crippen LogP contribution is 2.29. The zero-order valence-electron chi connectivity index (χ0n) is 11.6. The minimum atomic E-state index is 0.775. The lowest BCUT2D eigenvalue weighted by atomic mass is 10.1. The van der Waals surface area contributed by atoms with Crippen LogP contribution in [0.4, 0.5) is 17.1 Å². The largest absolute Gasteiger partial charge is 0.397 e. The summed E-state index contributed by atoms with van der Waals surface area (Å²) in [6.45, 7) is 4.00. The fourth-order valence-electron chi connectivity index (χ4n) is 2.28. The molecular weight excluding hydrogens is 246 g/mol. The maximum Gasteiger partial charge on any atom is 0.0939 e. The van der Waals surface area contributed by atoms with Crippen LogP contribution in [-0.4, -0.2) is 4.98 Å². The minimum absolute atomic E-state index is 0.775. The van der Waals surface area contributed by atoms with E-state index in [0.717, 1.165) is 39.2 Å². The molecule has 0 aliphatic heterocycles. The molecule has 3 aromatic rings. The first-order valence-corrected chi connectivity index (χ1v) is 6.63. The molecular formula is C17H17N3. The number of nitrogen functional groups attached to an aromatic ring is 1. The van der Waals surface area contributed by atoms with E-state index in [1.165, 1.54) is 0 Å². The van der Waals surface area contributed by atoms with E-state index in [1.807, 2.05) is 50.2 Å². The molecule has 0 aliphatic rings. The zero-order valence-corrected chi connectivity index (χ0v) is 11.6. The third-order valence-corrected chi connectivity index (χ3v) is 3.45. The number of nitrogens with one attached hydrogen (secondary N) is 1. The summed E-state index contributed by atoms with van der Waals surface area (Å²) in [6, 6.07) is 16.2. The average Bonchev–Trinajstić information content (AvgIpc) is 2.44. The van der Waals surface area contributed by atoms with Gasteiger partial charge in [0, 0.05) is 11.1 Å². The van der Waals surface area contributed by atoms with Gasteiger partial charge in [-0.1, -0.05) is 30.3 Å². The van der Waals surface area contributed by atoms with Crippen LogP contribution in [0.2, 0.25) is 0 Å². The van der Waals surface area contributed by atoms with Gasteiger partial charge in [-0.25, -0.2) is 0 Å². The fraction of sp³-hybridized carbons (Fsp3) is 0.118. The topological polar surface area (TPSA) is 50.9 Å². The van der Waals surface area contributed by atoms with E-state index in [1.54, 1.807) is 0 Å². The summed E-state index contributed by atoms with van der Waals surface area (Å²) in [5, 5.41) is 4.51. The summed E-state index contributed by atoms with van der Waals surface area (Å²) in [5.41, 5.74) is 11.8. The first-order valence-electron chi connectivity index (χ1n) is 6.63. The lowest BCUT2D eigenvalue weighted by molar-refractivity contribution is 1.25. The van der Waals surface area contributed by atoms with Gasteiger partial charge < -0.3 is 11.1 Å². The molecule has 0 atom stereocenters. The van der Waals surface area contributed by atoms with Crippen LogP contribution < -0.4 is 11.1 Å².